The highest BCUT2D eigenvalue weighted by atomic mass is 35.5. The lowest BCUT2D eigenvalue weighted by atomic mass is 10.2. The van der Waals surface area contributed by atoms with Crippen molar-refractivity contribution in [3.8, 4) is 0 Å². The van der Waals surface area contributed by atoms with E-state index < -0.39 is 0 Å². The van der Waals surface area contributed by atoms with Gasteiger partial charge in [-0.05, 0) is 23.3 Å². The molecule has 2 rings (SSSR count). The molecule has 0 bridgehead atoms. The molecule has 1 aromatic carbocycles. The van der Waals surface area contributed by atoms with E-state index in [0.29, 0.717) is 5.02 Å². The van der Waals surface area contributed by atoms with E-state index >= 15 is 0 Å². The first kappa shape index (κ1) is 13.4. The SMILES string of the molecule is OCc1ccc(CSCc2ccc(Cl)cn2)cc1. The van der Waals surface area contributed by atoms with Gasteiger partial charge in [-0.1, -0.05) is 35.9 Å². The molecule has 0 aliphatic carbocycles. The Balaban J connectivity index is 1.82. The summed E-state index contributed by atoms with van der Waals surface area (Å²) in [5, 5.41) is 9.62. The zero-order chi connectivity index (χ0) is 12.8. The molecule has 1 N–H and O–H groups in total. The molecule has 0 saturated heterocycles. The van der Waals surface area contributed by atoms with Gasteiger partial charge in [-0.25, -0.2) is 0 Å². The lowest BCUT2D eigenvalue weighted by Gasteiger charge is -2.03. The summed E-state index contributed by atoms with van der Waals surface area (Å²) < 4.78 is 0. The predicted octanol–water partition coefficient (Wildman–Crippen LogP) is 3.66. The summed E-state index contributed by atoms with van der Waals surface area (Å²) in [4.78, 5) is 4.25. The smallest absolute Gasteiger partial charge is 0.0681 e. The average Bonchev–Trinajstić information content (AvgIpc) is 2.42. The molecule has 0 aliphatic heterocycles. The van der Waals surface area contributed by atoms with Gasteiger partial charge in [0, 0.05) is 17.7 Å². The third-order valence-corrected chi connectivity index (χ3v) is 3.77. The molecule has 2 nitrogen and oxygen atoms in total. The first-order chi connectivity index (χ1) is 8.78. The van der Waals surface area contributed by atoms with Crippen LogP contribution in [0.25, 0.3) is 0 Å². The normalized spacial score (nSPS) is 10.6. The zero-order valence-corrected chi connectivity index (χ0v) is 11.4. The summed E-state index contributed by atoms with van der Waals surface area (Å²) in [5.41, 5.74) is 3.24. The molecule has 0 unspecified atom stereocenters. The number of pyridine rings is 1. The van der Waals surface area contributed by atoms with Crippen molar-refractivity contribution in [2.45, 2.75) is 18.1 Å². The van der Waals surface area contributed by atoms with Crippen LogP contribution in [-0.2, 0) is 18.1 Å². The summed E-state index contributed by atoms with van der Waals surface area (Å²) in [6.07, 6.45) is 1.67. The fourth-order valence-corrected chi connectivity index (χ4v) is 2.53. The minimum atomic E-state index is 0.0993. The molecule has 0 spiro atoms. The number of aromatic nitrogens is 1. The average molecular weight is 280 g/mol. The lowest BCUT2D eigenvalue weighted by molar-refractivity contribution is 0.282. The molecule has 2 aromatic rings. The first-order valence-corrected chi connectivity index (χ1v) is 7.18. The van der Waals surface area contributed by atoms with E-state index in [-0.39, 0.29) is 6.61 Å². The monoisotopic (exact) mass is 279 g/mol. The van der Waals surface area contributed by atoms with Gasteiger partial charge in [-0.3, -0.25) is 4.98 Å². The van der Waals surface area contributed by atoms with Crippen LogP contribution >= 0.6 is 23.4 Å². The van der Waals surface area contributed by atoms with Crippen LogP contribution < -0.4 is 0 Å². The van der Waals surface area contributed by atoms with Crippen molar-refractivity contribution >= 4 is 23.4 Å². The quantitative estimate of drug-likeness (QED) is 0.907. The fourth-order valence-electron chi connectivity index (χ4n) is 1.51. The van der Waals surface area contributed by atoms with Crippen molar-refractivity contribution in [2.24, 2.45) is 0 Å². The number of thioether (sulfide) groups is 1. The standard InChI is InChI=1S/C14H14ClNOS/c15-13-5-6-14(16-7-13)10-18-9-12-3-1-11(8-17)2-4-12/h1-7,17H,8-10H2. The van der Waals surface area contributed by atoms with E-state index in [0.717, 1.165) is 22.8 Å². The predicted molar refractivity (Wildman–Crippen MR) is 76.6 cm³/mol. The van der Waals surface area contributed by atoms with Crippen LogP contribution in [0.1, 0.15) is 16.8 Å². The van der Waals surface area contributed by atoms with E-state index in [4.69, 9.17) is 16.7 Å². The molecular formula is C14H14ClNOS. The van der Waals surface area contributed by atoms with E-state index in [1.54, 1.807) is 6.20 Å². The van der Waals surface area contributed by atoms with Crippen LogP contribution in [-0.4, -0.2) is 10.1 Å². The Morgan fingerprint density at radius 2 is 1.72 bits per heavy atom. The number of rotatable bonds is 5. The maximum Gasteiger partial charge on any atom is 0.0681 e. The molecule has 94 valence electrons. The van der Waals surface area contributed by atoms with Crippen molar-refractivity contribution in [3.63, 3.8) is 0 Å². The Hall–Kier alpha value is -1.03. The highest BCUT2D eigenvalue weighted by Gasteiger charge is 1.98. The maximum atomic E-state index is 8.95. The van der Waals surface area contributed by atoms with Gasteiger partial charge in [0.2, 0.25) is 0 Å². The molecule has 0 aliphatic rings. The minimum Gasteiger partial charge on any atom is -0.392 e. The number of aliphatic hydroxyl groups is 1. The lowest BCUT2D eigenvalue weighted by Crippen LogP contribution is -1.88. The van der Waals surface area contributed by atoms with Crippen molar-refractivity contribution in [2.75, 3.05) is 0 Å². The second kappa shape index (κ2) is 6.78. The van der Waals surface area contributed by atoms with E-state index in [9.17, 15) is 0 Å². The molecule has 18 heavy (non-hydrogen) atoms. The van der Waals surface area contributed by atoms with E-state index in [1.165, 1.54) is 5.56 Å². The Bertz CT molecular complexity index is 484. The number of benzene rings is 1. The zero-order valence-electron chi connectivity index (χ0n) is 9.84. The van der Waals surface area contributed by atoms with Crippen molar-refractivity contribution in [1.29, 1.82) is 0 Å². The van der Waals surface area contributed by atoms with Crippen LogP contribution in [0.5, 0.6) is 0 Å². The van der Waals surface area contributed by atoms with Gasteiger partial charge in [0.25, 0.3) is 0 Å². The van der Waals surface area contributed by atoms with Crippen LogP contribution in [0, 0.1) is 0 Å². The Morgan fingerprint density at radius 3 is 2.33 bits per heavy atom. The largest absolute Gasteiger partial charge is 0.392 e. The molecule has 4 heteroatoms. The number of hydrogen-bond acceptors (Lipinski definition) is 3. The highest BCUT2D eigenvalue weighted by Crippen LogP contribution is 2.18. The van der Waals surface area contributed by atoms with Crippen LogP contribution in [0.4, 0.5) is 0 Å². The van der Waals surface area contributed by atoms with E-state index in [1.807, 2.05) is 48.2 Å². The molecule has 0 saturated carbocycles. The summed E-state index contributed by atoms with van der Waals surface area (Å²) in [6, 6.07) is 11.8. The maximum absolute atomic E-state index is 8.95. The number of halogens is 1. The van der Waals surface area contributed by atoms with E-state index in [2.05, 4.69) is 4.98 Å². The molecule has 1 aromatic heterocycles. The Labute approximate surface area is 116 Å². The molecular weight excluding hydrogens is 266 g/mol. The van der Waals surface area contributed by atoms with Crippen molar-refractivity contribution in [3.05, 3.63) is 64.4 Å². The molecule has 1 heterocycles. The molecule has 0 fully saturated rings. The highest BCUT2D eigenvalue weighted by molar-refractivity contribution is 7.97. The Morgan fingerprint density at radius 1 is 1.00 bits per heavy atom. The number of hydrogen-bond donors (Lipinski definition) is 1. The van der Waals surface area contributed by atoms with Gasteiger partial charge in [0.15, 0.2) is 0 Å². The van der Waals surface area contributed by atoms with Gasteiger partial charge >= 0.3 is 0 Å². The fraction of sp³-hybridized carbons (Fsp3) is 0.214. The molecule has 0 radical (unpaired) electrons. The summed E-state index contributed by atoms with van der Waals surface area (Å²) in [5.74, 6) is 1.81. The second-order valence-electron chi connectivity index (χ2n) is 3.94. The topological polar surface area (TPSA) is 33.1 Å². The van der Waals surface area contributed by atoms with Gasteiger partial charge in [0.1, 0.15) is 0 Å². The minimum absolute atomic E-state index is 0.0993. The number of nitrogens with zero attached hydrogens (tertiary/aromatic N) is 1. The summed E-state index contributed by atoms with van der Waals surface area (Å²) in [7, 11) is 0. The summed E-state index contributed by atoms with van der Waals surface area (Å²) in [6.45, 7) is 0.0993. The molecule has 0 atom stereocenters. The second-order valence-corrected chi connectivity index (χ2v) is 5.36. The van der Waals surface area contributed by atoms with Crippen molar-refractivity contribution < 1.29 is 5.11 Å². The first-order valence-electron chi connectivity index (χ1n) is 5.65. The Kier molecular flexibility index (Phi) is 5.05. The van der Waals surface area contributed by atoms with Gasteiger partial charge in [-0.2, -0.15) is 11.8 Å². The van der Waals surface area contributed by atoms with Crippen molar-refractivity contribution in [1.82, 2.24) is 4.98 Å². The van der Waals surface area contributed by atoms with Crippen LogP contribution in [0.2, 0.25) is 5.02 Å². The van der Waals surface area contributed by atoms with Gasteiger partial charge < -0.3 is 5.11 Å². The van der Waals surface area contributed by atoms with Gasteiger partial charge in [0.05, 0.1) is 17.3 Å². The summed E-state index contributed by atoms with van der Waals surface area (Å²) >= 11 is 7.59. The molecule has 0 amide bonds. The number of aliphatic hydroxyl groups excluding tert-OH is 1. The van der Waals surface area contributed by atoms with Crippen LogP contribution in [0.15, 0.2) is 42.6 Å². The van der Waals surface area contributed by atoms with Crippen LogP contribution in [0.3, 0.4) is 0 Å². The third kappa shape index (κ3) is 4.02. The third-order valence-electron chi connectivity index (χ3n) is 2.51. The van der Waals surface area contributed by atoms with Gasteiger partial charge in [-0.15, -0.1) is 0 Å².